The van der Waals surface area contributed by atoms with Crippen molar-refractivity contribution < 1.29 is 10.0 Å². The summed E-state index contributed by atoms with van der Waals surface area (Å²) in [4.78, 5) is 10.0. The van der Waals surface area contributed by atoms with Gasteiger partial charge in [-0.3, -0.25) is 10.1 Å². The van der Waals surface area contributed by atoms with Crippen LogP contribution in [0.4, 0.5) is 11.4 Å². The first-order valence-corrected chi connectivity index (χ1v) is 5.50. The van der Waals surface area contributed by atoms with E-state index in [0.29, 0.717) is 11.2 Å². The van der Waals surface area contributed by atoms with Crippen molar-refractivity contribution in [1.82, 2.24) is 5.32 Å². The van der Waals surface area contributed by atoms with Gasteiger partial charge in [0.15, 0.2) is 5.11 Å². The third-order valence-corrected chi connectivity index (χ3v) is 2.55. The first-order chi connectivity index (χ1) is 8.06. The van der Waals surface area contributed by atoms with E-state index in [-0.39, 0.29) is 17.1 Å². The van der Waals surface area contributed by atoms with Crippen molar-refractivity contribution in [2.24, 2.45) is 0 Å². The van der Waals surface area contributed by atoms with Crippen molar-refractivity contribution in [2.75, 3.05) is 5.32 Å². The Morgan fingerprint density at radius 1 is 1.47 bits per heavy atom. The van der Waals surface area contributed by atoms with Gasteiger partial charge in [0, 0.05) is 23.9 Å². The second-order valence-corrected chi connectivity index (χ2v) is 4.22. The Bertz CT molecular complexity index is 474. The molecule has 0 bridgehead atoms. The topological polar surface area (TPSA) is 90.3 Å². The van der Waals surface area contributed by atoms with Gasteiger partial charge < -0.3 is 15.7 Å². The van der Waals surface area contributed by atoms with E-state index >= 15 is 0 Å². The van der Waals surface area contributed by atoms with Gasteiger partial charge >= 0.3 is 0 Å². The number of hydrogen-bond donors (Lipinski definition) is 2. The van der Waals surface area contributed by atoms with E-state index in [2.05, 4.69) is 10.6 Å². The van der Waals surface area contributed by atoms with E-state index in [1.54, 1.807) is 0 Å². The Morgan fingerprint density at radius 3 is 2.76 bits per heavy atom. The minimum Gasteiger partial charge on any atom is -0.871 e. The Morgan fingerprint density at radius 2 is 2.18 bits per heavy atom. The molecule has 0 atom stereocenters. The Balaban J connectivity index is 2.09. The lowest BCUT2D eigenvalue weighted by Gasteiger charge is -2.16. The van der Waals surface area contributed by atoms with Crippen molar-refractivity contribution in [2.45, 2.75) is 18.9 Å². The zero-order valence-electron chi connectivity index (χ0n) is 8.80. The summed E-state index contributed by atoms with van der Waals surface area (Å²) in [6, 6.07) is 3.87. The molecule has 90 valence electrons. The van der Waals surface area contributed by atoms with Crippen molar-refractivity contribution in [3.63, 3.8) is 0 Å². The number of nitrogens with one attached hydrogen (secondary N) is 2. The van der Waals surface area contributed by atoms with E-state index in [1.807, 2.05) is 0 Å². The molecule has 1 fully saturated rings. The van der Waals surface area contributed by atoms with Gasteiger partial charge in [-0.25, -0.2) is 0 Å². The first kappa shape index (κ1) is 11.6. The molecule has 1 aromatic carbocycles. The third kappa shape index (κ3) is 3.04. The van der Waals surface area contributed by atoms with Crippen LogP contribution in [-0.4, -0.2) is 16.1 Å². The molecule has 0 aromatic heterocycles. The number of hydrogen-bond acceptors (Lipinski definition) is 4. The number of benzene rings is 1. The highest BCUT2D eigenvalue weighted by atomic mass is 32.1. The van der Waals surface area contributed by atoms with Gasteiger partial charge in [-0.2, -0.15) is 0 Å². The summed E-state index contributed by atoms with van der Waals surface area (Å²) in [7, 11) is 0. The summed E-state index contributed by atoms with van der Waals surface area (Å²) < 4.78 is 0. The number of nitro benzene ring substituents is 1. The van der Waals surface area contributed by atoms with Crippen LogP contribution in [0.25, 0.3) is 0 Å². The highest BCUT2D eigenvalue weighted by Crippen LogP contribution is 2.26. The minimum absolute atomic E-state index is 0.123. The van der Waals surface area contributed by atoms with E-state index in [0.717, 1.165) is 18.9 Å². The van der Waals surface area contributed by atoms with Crippen LogP contribution in [0.1, 0.15) is 12.8 Å². The van der Waals surface area contributed by atoms with Crippen LogP contribution in [0.5, 0.6) is 5.75 Å². The van der Waals surface area contributed by atoms with Crippen LogP contribution in [-0.2, 0) is 0 Å². The molecule has 0 heterocycles. The lowest BCUT2D eigenvalue weighted by molar-refractivity contribution is -0.385. The lowest BCUT2D eigenvalue weighted by Crippen LogP contribution is -2.30. The van der Waals surface area contributed by atoms with E-state index < -0.39 is 4.92 Å². The van der Waals surface area contributed by atoms with Crippen molar-refractivity contribution in [3.8, 4) is 5.75 Å². The molecule has 2 N–H and O–H groups in total. The van der Waals surface area contributed by atoms with E-state index in [9.17, 15) is 15.2 Å². The van der Waals surface area contributed by atoms with Crippen molar-refractivity contribution in [1.29, 1.82) is 0 Å². The Hall–Kier alpha value is -1.89. The number of nitrogens with zero attached hydrogens (tertiary/aromatic N) is 1. The summed E-state index contributed by atoms with van der Waals surface area (Å²) in [5, 5.41) is 28.0. The molecule has 2 rings (SSSR count). The number of thiocarbonyl (C=S) groups is 1. The van der Waals surface area contributed by atoms with Crippen molar-refractivity contribution >= 4 is 28.7 Å². The van der Waals surface area contributed by atoms with Crippen LogP contribution in [0.3, 0.4) is 0 Å². The van der Waals surface area contributed by atoms with Crippen LogP contribution in [0.2, 0.25) is 0 Å². The van der Waals surface area contributed by atoms with Gasteiger partial charge in [0.25, 0.3) is 5.69 Å². The molecule has 0 unspecified atom stereocenters. The van der Waals surface area contributed by atoms with Crippen LogP contribution in [0.15, 0.2) is 18.2 Å². The molecule has 6 nitrogen and oxygen atoms in total. The maximum atomic E-state index is 11.5. The van der Waals surface area contributed by atoms with Gasteiger partial charge in [-0.15, -0.1) is 0 Å². The smallest absolute Gasteiger partial charge is 0.271 e. The number of non-ortho nitro benzene ring substituents is 1. The molecular formula is C10H10N3O3S-. The molecule has 0 radical (unpaired) electrons. The lowest BCUT2D eigenvalue weighted by atomic mass is 10.2. The molecule has 1 aliphatic carbocycles. The predicted octanol–water partition coefficient (Wildman–Crippen LogP) is 1.12. The summed E-state index contributed by atoms with van der Waals surface area (Å²) in [5.74, 6) is -0.324. The Labute approximate surface area is 103 Å². The third-order valence-electron chi connectivity index (χ3n) is 2.33. The molecule has 17 heavy (non-hydrogen) atoms. The zero-order valence-corrected chi connectivity index (χ0v) is 9.62. The monoisotopic (exact) mass is 252 g/mol. The fourth-order valence-corrected chi connectivity index (χ4v) is 1.58. The number of rotatable bonds is 3. The first-order valence-electron chi connectivity index (χ1n) is 5.09. The summed E-state index contributed by atoms with van der Waals surface area (Å²) >= 11 is 4.99. The van der Waals surface area contributed by atoms with E-state index in [4.69, 9.17) is 12.2 Å². The maximum absolute atomic E-state index is 11.5. The highest BCUT2D eigenvalue weighted by Gasteiger charge is 2.21. The van der Waals surface area contributed by atoms with Crippen LogP contribution < -0.4 is 15.7 Å². The van der Waals surface area contributed by atoms with Crippen LogP contribution in [0, 0.1) is 10.1 Å². The summed E-state index contributed by atoms with van der Waals surface area (Å²) in [6.45, 7) is 0. The fraction of sp³-hybridized carbons (Fsp3) is 0.300. The molecule has 7 heteroatoms. The molecule has 0 aliphatic heterocycles. The standard InChI is InChI=1S/C10H11N3O3S/c14-9-4-3-7(13(15)16)5-8(9)12-10(17)11-6-1-2-6/h3-6,14H,1-2H2,(H2,11,12,17)/p-1. The Kier molecular flexibility index (Phi) is 3.10. The average Bonchev–Trinajstić information content (AvgIpc) is 3.04. The van der Waals surface area contributed by atoms with Crippen LogP contribution >= 0.6 is 12.2 Å². The van der Waals surface area contributed by atoms with Gasteiger partial charge in [-0.1, -0.05) is 11.8 Å². The predicted molar refractivity (Wildman–Crippen MR) is 64.9 cm³/mol. The minimum atomic E-state index is -0.554. The number of anilines is 1. The molecule has 1 saturated carbocycles. The average molecular weight is 252 g/mol. The quantitative estimate of drug-likeness (QED) is 0.476. The second kappa shape index (κ2) is 4.54. The second-order valence-electron chi connectivity index (χ2n) is 3.81. The zero-order chi connectivity index (χ0) is 12.4. The summed E-state index contributed by atoms with van der Waals surface area (Å²) in [5.41, 5.74) is -0.0151. The fourth-order valence-electron chi connectivity index (χ4n) is 1.30. The van der Waals surface area contributed by atoms with Gasteiger partial charge in [-0.05, 0) is 25.1 Å². The summed E-state index contributed by atoms with van der Waals surface area (Å²) in [6.07, 6.45) is 2.11. The van der Waals surface area contributed by atoms with Crippen molar-refractivity contribution in [3.05, 3.63) is 28.3 Å². The molecule has 1 aromatic rings. The van der Waals surface area contributed by atoms with Gasteiger partial charge in [0.1, 0.15) is 0 Å². The SMILES string of the molecule is O=[N+]([O-])c1ccc([O-])c(NC(=S)NC2CC2)c1. The molecule has 0 saturated heterocycles. The van der Waals surface area contributed by atoms with E-state index in [1.165, 1.54) is 12.1 Å². The largest absolute Gasteiger partial charge is 0.871 e. The maximum Gasteiger partial charge on any atom is 0.271 e. The van der Waals surface area contributed by atoms with Gasteiger partial charge in [0.2, 0.25) is 0 Å². The molecule has 1 aliphatic rings. The van der Waals surface area contributed by atoms with Gasteiger partial charge in [0.05, 0.1) is 4.92 Å². The molecule has 0 amide bonds. The number of nitro groups is 1. The highest BCUT2D eigenvalue weighted by molar-refractivity contribution is 7.80. The molecule has 0 spiro atoms. The molecular weight excluding hydrogens is 242 g/mol. The normalized spacial score (nSPS) is 14.1.